The van der Waals surface area contributed by atoms with E-state index in [1.54, 1.807) is 0 Å². The molecule has 1 N–H and O–H groups in total. The molecule has 2 aliphatic heterocycles. The van der Waals surface area contributed by atoms with Crippen molar-refractivity contribution in [3.05, 3.63) is 0 Å². The van der Waals surface area contributed by atoms with Gasteiger partial charge in [0.2, 0.25) is 0 Å². The summed E-state index contributed by atoms with van der Waals surface area (Å²) < 4.78 is 10.9. The van der Waals surface area contributed by atoms with Crippen molar-refractivity contribution in [2.75, 3.05) is 26.8 Å². The molecule has 0 amide bonds. The minimum absolute atomic E-state index is 0.0746. The van der Waals surface area contributed by atoms with E-state index in [1.165, 1.54) is 7.11 Å². The summed E-state index contributed by atoms with van der Waals surface area (Å²) in [5.41, 5.74) is -0.219. The first-order valence-electron chi connectivity index (χ1n) is 7.78. The highest BCUT2D eigenvalue weighted by molar-refractivity contribution is 5.77. The number of rotatable bonds is 3. The highest BCUT2D eigenvalue weighted by atomic mass is 16.5. The Balaban J connectivity index is 2.15. The molecule has 20 heavy (non-hydrogen) atoms. The van der Waals surface area contributed by atoms with Crippen molar-refractivity contribution in [1.29, 1.82) is 0 Å². The quantitative estimate of drug-likeness (QED) is 0.808. The molecule has 2 rings (SSSR count). The van der Waals surface area contributed by atoms with Crippen molar-refractivity contribution in [2.45, 2.75) is 52.6 Å². The van der Waals surface area contributed by atoms with E-state index < -0.39 is 5.41 Å². The molecule has 0 bridgehead atoms. The highest BCUT2D eigenvalue weighted by Crippen LogP contribution is 2.43. The van der Waals surface area contributed by atoms with Crippen LogP contribution in [0.3, 0.4) is 0 Å². The number of ether oxygens (including phenoxy) is 2. The molecule has 0 aromatic carbocycles. The van der Waals surface area contributed by atoms with Gasteiger partial charge in [0, 0.05) is 13.2 Å². The number of hydrogen-bond acceptors (Lipinski definition) is 4. The molecule has 0 saturated carbocycles. The van der Waals surface area contributed by atoms with Gasteiger partial charge in [-0.25, -0.2) is 0 Å². The first-order chi connectivity index (χ1) is 9.37. The van der Waals surface area contributed by atoms with Gasteiger partial charge in [0.05, 0.1) is 18.6 Å². The Morgan fingerprint density at radius 1 is 1.45 bits per heavy atom. The monoisotopic (exact) mass is 283 g/mol. The molecular weight excluding hydrogens is 254 g/mol. The number of carbonyl (C=O) groups excluding carboxylic acids is 1. The van der Waals surface area contributed by atoms with E-state index in [0.717, 1.165) is 38.8 Å². The second kappa shape index (κ2) is 6.02. The van der Waals surface area contributed by atoms with Gasteiger partial charge in [-0.2, -0.15) is 0 Å². The molecule has 2 heterocycles. The maximum atomic E-state index is 12.4. The molecular formula is C16H29NO3. The van der Waals surface area contributed by atoms with Gasteiger partial charge < -0.3 is 14.8 Å². The maximum absolute atomic E-state index is 12.4. The molecule has 0 radical (unpaired) electrons. The predicted octanol–water partition coefficient (Wildman–Crippen LogP) is 2.37. The van der Waals surface area contributed by atoms with Crippen LogP contribution in [0.2, 0.25) is 0 Å². The Hall–Kier alpha value is -0.610. The SMILES string of the molecule is COC(=O)[C@@]1(C[C@H]2CCCO2)CNC[C@H](C(C)(C)C)C1. The minimum atomic E-state index is -0.417. The summed E-state index contributed by atoms with van der Waals surface area (Å²) in [6.45, 7) is 9.27. The third-order valence-corrected chi connectivity index (χ3v) is 4.98. The van der Waals surface area contributed by atoms with Gasteiger partial charge in [-0.15, -0.1) is 0 Å². The molecule has 4 heteroatoms. The lowest BCUT2D eigenvalue weighted by Crippen LogP contribution is -2.53. The van der Waals surface area contributed by atoms with Crippen LogP contribution < -0.4 is 5.32 Å². The summed E-state index contributed by atoms with van der Waals surface area (Å²) in [5.74, 6) is 0.409. The van der Waals surface area contributed by atoms with Crippen molar-refractivity contribution in [3.63, 3.8) is 0 Å². The van der Waals surface area contributed by atoms with E-state index in [0.29, 0.717) is 12.5 Å². The molecule has 0 unspecified atom stereocenters. The number of methoxy groups -OCH3 is 1. The van der Waals surface area contributed by atoms with Crippen LogP contribution in [0.15, 0.2) is 0 Å². The topological polar surface area (TPSA) is 47.6 Å². The third kappa shape index (κ3) is 3.34. The fourth-order valence-corrected chi connectivity index (χ4v) is 3.57. The predicted molar refractivity (Wildman–Crippen MR) is 78.5 cm³/mol. The standard InChI is InChI=1S/C16H29NO3/c1-15(2,3)12-8-16(11-17-10-12,14(18)19-4)9-13-6-5-7-20-13/h12-13,17H,5-11H2,1-4H3/t12-,13-,16+/m1/s1. The second-order valence-electron chi connectivity index (χ2n) is 7.51. The fourth-order valence-electron chi connectivity index (χ4n) is 3.57. The molecule has 4 nitrogen and oxygen atoms in total. The summed E-state index contributed by atoms with van der Waals surface area (Å²) in [6, 6.07) is 0. The second-order valence-corrected chi connectivity index (χ2v) is 7.51. The summed E-state index contributed by atoms with van der Waals surface area (Å²) >= 11 is 0. The first-order valence-corrected chi connectivity index (χ1v) is 7.78. The summed E-state index contributed by atoms with van der Waals surface area (Å²) in [7, 11) is 1.50. The van der Waals surface area contributed by atoms with Gasteiger partial charge >= 0.3 is 5.97 Å². The molecule has 2 saturated heterocycles. The lowest BCUT2D eigenvalue weighted by Gasteiger charge is -2.44. The zero-order valence-corrected chi connectivity index (χ0v) is 13.3. The van der Waals surface area contributed by atoms with Crippen molar-refractivity contribution in [3.8, 4) is 0 Å². The molecule has 0 aromatic heterocycles. The van der Waals surface area contributed by atoms with Crippen LogP contribution in [0.4, 0.5) is 0 Å². The van der Waals surface area contributed by atoms with Crippen molar-refractivity contribution in [1.82, 2.24) is 5.32 Å². The van der Waals surface area contributed by atoms with Crippen LogP contribution >= 0.6 is 0 Å². The number of hydrogen-bond donors (Lipinski definition) is 1. The van der Waals surface area contributed by atoms with Crippen LogP contribution in [0, 0.1) is 16.7 Å². The van der Waals surface area contributed by atoms with E-state index in [-0.39, 0.29) is 17.5 Å². The fraction of sp³-hybridized carbons (Fsp3) is 0.938. The Labute approximate surface area is 122 Å². The lowest BCUT2D eigenvalue weighted by atomic mass is 9.65. The Kier molecular flexibility index (Phi) is 4.75. The number of esters is 1. The van der Waals surface area contributed by atoms with E-state index >= 15 is 0 Å². The van der Waals surface area contributed by atoms with Crippen molar-refractivity contribution >= 4 is 5.97 Å². The lowest BCUT2D eigenvalue weighted by molar-refractivity contribution is -0.158. The molecule has 0 aromatic rings. The number of piperidine rings is 1. The van der Waals surface area contributed by atoms with E-state index in [2.05, 4.69) is 26.1 Å². The highest BCUT2D eigenvalue weighted by Gasteiger charge is 2.48. The van der Waals surface area contributed by atoms with Crippen LogP contribution in [-0.4, -0.2) is 38.9 Å². The average molecular weight is 283 g/mol. The molecule has 3 atom stereocenters. The van der Waals surface area contributed by atoms with Gasteiger partial charge in [-0.1, -0.05) is 20.8 Å². The Morgan fingerprint density at radius 2 is 2.20 bits per heavy atom. The van der Waals surface area contributed by atoms with Gasteiger partial charge in [0.1, 0.15) is 0 Å². The smallest absolute Gasteiger partial charge is 0.313 e. The molecule has 116 valence electrons. The number of carbonyl (C=O) groups is 1. The van der Waals surface area contributed by atoms with E-state index in [4.69, 9.17) is 9.47 Å². The third-order valence-electron chi connectivity index (χ3n) is 4.98. The Bertz CT molecular complexity index is 344. The first kappa shape index (κ1) is 15.8. The molecule has 0 spiro atoms. The molecule has 2 fully saturated rings. The summed E-state index contributed by atoms with van der Waals surface area (Å²) in [6.07, 6.45) is 4.08. The minimum Gasteiger partial charge on any atom is -0.469 e. The van der Waals surface area contributed by atoms with Crippen LogP contribution in [0.5, 0.6) is 0 Å². The van der Waals surface area contributed by atoms with Crippen LogP contribution in [0.25, 0.3) is 0 Å². The zero-order chi connectivity index (χ0) is 14.8. The van der Waals surface area contributed by atoms with Crippen LogP contribution in [0.1, 0.15) is 46.5 Å². The number of nitrogens with one attached hydrogen (secondary N) is 1. The van der Waals surface area contributed by atoms with E-state index in [9.17, 15) is 4.79 Å². The average Bonchev–Trinajstić information content (AvgIpc) is 2.89. The molecule has 2 aliphatic rings. The summed E-state index contributed by atoms with van der Waals surface area (Å²) in [4.78, 5) is 12.4. The Morgan fingerprint density at radius 3 is 2.75 bits per heavy atom. The van der Waals surface area contributed by atoms with Gasteiger partial charge in [-0.05, 0) is 43.6 Å². The van der Waals surface area contributed by atoms with Crippen LogP contribution in [-0.2, 0) is 14.3 Å². The van der Waals surface area contributed by atoms with Crippen molar-refractivity contribution in [2.24, 2.45) is 16.7 Å². The zero-order valence-electron chi connectivity index (χ0n) is 13.3. The van der Waals surface area contributed by atoms with E-state index in [1.807, 2.05) is 0 Å². The van der Waals surface area contributed by atoms with Gasteiger partial charge in [-0.3, -0.25) is 4.79 Å². The normalized spacial score (nSPS) is 35.0. The largest absolute Gasteiger partial charge is 0.469 e. The van der Waals surface area contributed by atoms with Gasteiger partial charge in [0.15, 0.2) is 0 Å². The molecule has 0 aliphatic carbocycles. The maximum Gasteiger partial charge on any atom is 0.313 e. The summed E-state index contributed by atoms with van der Waals surface area (Å²) in [5, 5.41) is 3.47. The van der Waals surface area contributed by atoms with Gasteiger partial charge in [0.25, 0.3) is 0 Å². The van der Waals surface area contributed by atoms with Crippen molar-refractivity contribution < 1.29 is 14.3 Å².